The third-order valence-electron chi connectivity index (χ3n) is 19.1. The summed E-state index contributed by atoms with van der Waals surface area (Å²) < 4.78 is 16.7. The van der Waals surface area contributed by atoms with Crippen molar-refractivity contribution in [3.05, 3.63) is 268 Å². The lowest BCUT2D eigenvalue weighted by molar-refractivity contribution is 0.251. The first-order chi connectivity index (χ1) is 38.5. The molecule has 12 aromatic rings. The second-order valence-corrected chi connectivity index (χ2v) is 24.2. The van der Waals surface area contributed by atoms with Gasteiger partial charge >= 0.3 is 0 Å². The van der Waals surface area contributed by atoms with Crippen LogP contribution in [0, 0.1) is 0 Å². The number of hydrogen-bond acceptors (Lipinski definition) is 3. The molecule has 0 saturated heterocycles. The van der Waals surface area contributed by atoms with Gasteiger partial charge in [-0.3, -0.25) is 0 Å². The minimum absolute atomic E-state index is 0.0946. The Hall–Kier alpha value is -9.12. The molecule has 2 atom stereocenters. The minimum atomic E-state index is -0.369. The van der Waals surface area contributed by atoms with Crippen LogP contribution in [0.25, 0.3) is 82.8 Å². The zero-order valence-corrected chi connectivity index (χ0v) is 45.2. The molecule has 4 aliphatic carbocycles. The van der Waals surface area contributed by atoms with E-state index in [-0.39, 0.29) is 28.3 Å². The molecular formula is C75H56N2O2. The van der Waals surface area contributed by atoms with Crippen molar-refractivity contribution >= 4 is 72.0 Å². The molecule has 0 radical (unpaired) electrons. The second-order valence-electron chi connectivity index (χ2n) is 24.2. The third-order valence-corrected chi connectivity index (χ3v) is 19.1. The number of para-hydroxylation sites is 5. The molecule has 0 bridgehead atoms. The summed E-state index contributed by atoms with van der Waals surface area (Å²) in [5.41, 5.74) is 27.6. The van der Waals surface area contributed by atoms with E-state index in [9.17, 15) is 0 Å². The number of allylic oxidation sites excluding steroid dienone is 2. The van der Waals surface area contributed by atoms with E-state index in [1.165, 1.54) is 105 Å². The second kappa shape index (κ2) is 15.5. The quantitative estimate of drug-likeness (QED) is 0.172. The maximum Gasteiger partial charge on any atom is 0.143 e. The van der Waals surface area contributed by atoms with Crippen LogP contribution < -0.4 is 9.64 Å². The average molecular weight is 1020 g/mol. The zero-order chi connectivity index (χ0) is 52.8. The van der Waals surface area contributed by atoms with Gasteiger partial charge in [-0.05, 0) is 146 Å². The van der Waals surface area contributed by atoms with Crippen LogP contribution in [0.1, 0.15) is 86.4 Å². The molecule has 0 fully saturated rings. The molecule has 3 heterocycles. The number of furan rings is 1. The molecule has 0 amide bonds. The predicted octanol–water partition coefficient (Wildman–Crippen LogP) is 19.5. The van der Waals surface area contributed by atoms with Crippen LogP contribution in [0.15, 0.2) is 234 Å². The van der Waals surface area contributed by atoms with E-state index in [4.69, 9.17) is 9.15 Å². The van der Waals surface area contributed by atoms with Gasteiger partial charge in [0.15, 0.2) is 0 Å². The highest BCUT2D eigenvalue weighted by Crippen LogP contribution is 2.68. The number of ether oxygens (including phenoxy) is 1. The molecule has 2 aromatic heterocycles. The van der Waals surface area contributed by atoms with E-state index >= 15 is 0 Å². The molecule has 4 heteroatoms. The first kappa shape index (κ1) is 45.0. The zero-order valence-electron chi connectivity index (χ0n) is 45.2. The number of benzene rings is 10. The smallest absolute Gasteiger partial charge is 0.143 e. The Labute approximate surface area is 460 Å². The standard InChI is InChI=1S/C75H56N2O2/c1-73(2)56-40-45(36-38-49(56)64-58(73)42-54(71-66(64)52-28-15-19-34-61(52)78-71)47-30-21-33-60-63(47)51-27-14-18-32-59(51)77(60)44-24-11-8-12-25-44)76(43-22-9-7-10-23-43)46-37-39-50-57(41-46)75(5,6)69-65(50)67-53-29-16-20-35-62(53)79-72(67)68-48-26-13-17-31-55(48)74(3,4)70(68)69/h7-42,68,72H,1-6H3. The summed E-state index contributed by atoms with van der Waals surface area (Å²) in [5, 5.41) is 4.75. The van der Waals surface area contributed by atoms with Gasteiger partial charge in [0.05, 0.1) is 11.0 Å². The Bertz CT molecular complexity index is 4730. The summed E-state index contributed by atoms with van der Waals surface area (Å²) in [4.78, 5) is 2.49. The van der Waals surface area contributed by atoms with Crippen LogP contribution in [-0.4, -0.2) is 10.7 Å². The van der Waals surface area contributed by atoms with E-state index < -0.39 is 0 Å². The lowest BCUT2D eigenvalue weighted by Crippen LogP contribution is -2.33. The van der Waals surface area contributed by atoms with E-state index in [2.05, 4.69) is 269 Å². The van der Waals surface area contributed by atoms with Crippen LogP contribution in [0.5, 0.6) is 5.75 Å². The SMILES string of the molecule is CC1(C)C2=C3C(c4ccccc4C3(C)C)C3Oc4ccccc4C3=C2c2ccc(N(c3ccccc3)c3ccc4c(c3)C(C)(C)c3cc(-c5cccc6c5c5ccccc5n6-c5ccccc5)c5oc6ccccc6c5c3-4)cc21. The van der Waals surface area contributed by atoms with Crippen molar-refractivity contribution < 1.29 is 9.15 Å². The summed E-state index contributed by atoms with van der Waals surface area (Å²) in [6.07, 6.45) is -0.0946. The van der Waals surface area contributed by atoms with Crippen LogP contribution in [-0.2, 0) is 16.2 Å². The third kappa shape index (κ3) is 5.78. The van der Waals surface area contributed by atoms with Crippen LogP contribution in [0.4, 0.5) is 17.1 Å². The van der Waals surface area contributed by atoms with Gasteiger partial charge in [-0.2, -0.15) is 0 Å². The Morgan fingerprint density at radius 3 is 1.90 bits per heavy atom. The topological polar surface area (TPSA) is 30.5 Å². The number of rotatable bonds is 5. The monoisotopic (exact) mass is 1020 g/mol. The van der Waals surface area contributed by atoms with Crippen molar-refractivity contribution in [1.82, 2.24) is 4.57 Å². The average Bonchev–Trinajstić information content (AvgIpc) is 4.48. The highest BCUT2D eigenvalue weighted by Gasteiger charge is 2.58. The van der Waals surface area contributed by atoms with E-state index in [0.29, 0.717) is 0 Å². The van der Waals surface area contributed by atoms with Crippen molar-refractivity contribution in [2.75, 3.05) is 4.90 Å². The Balaban J connectivity index is 0.859. The maximum absolute atomic E-state index is 7.13. The summed E-state index contributed by atoms with van der Waals surface area (Å²) >= 11 is 0. The molecule has 79 heavy (non-hydrogen) atoms. The molecule has 378 valence electrons. The van der Waals surface area contributed by atoms with Crippen LogP contribution >= 0.6 is 0 Å². The normalized spacial score (nSPS) is 18.3. The number of aromatic nitrogens is 1. The summed E-state index contributed by atoms with van der Waals surface area (Å²) in [6.45, 7) is 14.7. The fraction of sp³-hybridized carbons (Fsp3) is 0.147. The highest BCUT2D eigenvalue weighted by atomic mass is 16.5. The molecule has 4 nitrogen and oxygen atoms in total. The number of nitrogens with zero attached hydrogens (tertiary/aromatic N) is 2. The van der Waals surface area contributed by atoms with Crippen molar-refractivity contribution in [3.8, 4) is 33.7 Å². The van der Waals surface area contributed by atoms with Gasteiger partial charge in [0.1, 0.15) is 23.0 Å². The Morgan fingerprint density at radius 2 is 1.09 bits per heavy atom. The summed E-state index contributed by atoms with van der Waals surface area (Å²) in [7, 11) is 0. The molecule has 0 saturated carbocycles. The van der Waals surface area contributed by atoms with E-state index in [1.54, 1.807) is 0 Å². The van der Waals surface area contributed by atoms with Crippen LogP contribution in [0.2, 0.25) is 0 Å². The molecular weight excluding hydrogens is 961 g/mol. The van der Waals surface area contributed by atoms with Crippen molar-refractivity contribution in [1.29, 1.82) is 0 Å². The van der Waals surface area contributed by atoms with Gasteiger partial charge in [-0.25, -0.2) is 0 Å². The number of hydrogen-bond donors (Lipinski definition) is 0. The molecule has 10 aromatic carbocycles. The van der Waals surface area contributed by atoms with E-state index in [0.717, 1.165) is 50.6 Å². The van der Waals surface area contributed by atoms with Gasteiger partial charge in [-0.15, -0.1) is 0 Å². The number of fused-ring (bicyclic) bond motifs is 20. The summed E-state index contributed by atoms with van der Waals surface area (Å²) in [5.74, 6) is 1.12. The molecule has 17 rings (SSSR count). The summed E-state index contributed by atoms with van der Waals surface area (Å²) in [6, 6.07) is 80.8. The largest absolute Gasteiger partial charge is 0.484 e. The van der Waals surface area contributed by atoms with Gasteiger partial charge in [-0.1, -0.05) is 181 Å². The fourth-order valence-electron chi connectivity index (χ4n) is 15.7. The first-order valence-electron chi connectivity index (χ1n) is 28.1. The minimum Gasteiger partial charge on any atom is -0.484 e. The Morgan fingerprint density at radius 1 is 0.443 bits per heavy atom. The fourth-order valence-corrected chi connectivity index (χ4v) is 15.7. The van der Waals surface area contributed by atoms with Crippen molar-refractivity contribution in [3.63, 3.8) is 0 Å². The first-order valence-corrected chi connectivity index (χ1v) is 28.1. The lowest BCUT2D eigenvalue weighted by Gasteiger charge is -2.38. The Kier molecular flexibility index (Phi) is 8.85. The molecule has 1 aliphatic heterocycles. The molecule has 2 unspecified atom stereocenters. The molecule has 0 N–H and O–H groups in total. The van der Waals surface area contributed by atoms with Crippen molar-refractivity contribution in [2.45, 2.75) is 69.8 Å². The van der Waals surface area contributed by atoms with Gasteiger partial charge in [0.25, 0.3) is 0 Å². The molecule has 5 aliphatic rings. The van der Waals surface area contributed by atoms with Crippen LogP contribution in [0.3, 0.4) is 0 Å². The number of anilines is 3. The predicted molar refractivity (Wildman–Crippen MR) is 326 cm³/mol. The van der Waals surface area contributed by atoms with E-state index in [1.807, 2.05) is 0 Å². The lowest BCUT2D eigenvalue weighted by atomic mass is 9.66. The van der Waals surface area contributed by atoms with Gasteiger partial charge in [0, 0.05) is 83.2 Å². The molecule has 0 spiro atoms. The van der Waals surface area contributed by atoms with Gasteiger partial charge in [0.2, 0.25) is 0 Å². The highest BCUT2D eigenvalue weighted by molar-refractivity contribution is 6.23. The van der Waals surface area contributed by atoms with Crippen molar-refractivity contribution in [2.24, 2.45) is 0 Å². The van der Waals surface area contributed by atoms with Gasteiger partial charge < -0.3 is 18.6 Å². The maximum atomic E-state index is 7.13.